The fraction of sp³-hybridized carbons (Fsp3) is 0.462. The van der Waals surface area contributed by atoms with Crippen LogP contribution in [-0.4, -0.2) is 38.5 Å². The largest absolute Gasteiger partial charge is 0.462 e. The van der Waals surface area contributed by atoms with E-state index in [0.717, 1.165) is 29.8 Å². The molecule has 0 bridgehead atoms. The number of hydrogen-bond donors (Lipinski definition) is 3. The second-order valence-electron chi connectivity index (χ2n) is 9.98. The van der Waals surface area contributed by atoms with Gasteiger partial charge in [-0.15, -0.1) is 0 Å². The van der Waals surface area contributed by atoms with Gasteiger partial charge in [-0.3, -0.25) is 9.59 Å². The molecule has 1 fully saturated rings. The molecule has 2 aromatic rings. The molecule has 3 N–H and O–H groups in total. The lowest BCUT2D eigenvalue weighted by Gasteiger charge is -2.30. The second kappa shape index (κ2) is 12.7. The number of amides is 1. The predicted octanol–water partition coefficient (Wildman–Crippen LogP) is 4.47. The van der Waals surface area contributed by atoms with Gasteiger partial charge in [-0.1, -0.05) is 30.3 Å². The van der Waals surface area contributed by atoms with E-state index in [9.17, 15) is 31.2 Å². The fourth-order valence-electron chi connectivity index (χ4n) is 4.16. The number of nitrogens with one attached hydrogen (secondary N) is 3. The molecular weight excluding hydrogens is 559 g/mol. The molecule has 1 atom stereocenters. The summed E-state index contributed by atoms with van der Waals surface area (Å²) in [5.41, 5.74) is -1.32. The van der Waals surface area contributed by atoms with Crippen LogP contribution in [0.15, 0.2) is 59.5 Å². The van der Waals surface area contributed by atoms with Crippen molar-refractivity contribution in [1.29, 1.82) is 0 Å². The maximum absolute atomic E-state index is 13.1. The molecule has 0 aliphatic heterocycles. The second-order valence-corrected chi connectivity index (χ2v) is 11.9. The third kappa shape index (κ3) is 8.41. The van der Waals surface area contributed by atoms with Crippen LogP contribution in [0.5, 0.6) is 0 Å². The van der Waals surface area contributed by atoms with Crippen LogP contribution >= 0.6 is 11.8 Å². The number of alkyl halides is 3. The Bertz CT molecular complexity index is 1230. The molecule has 8 nitrogen and oxygen atoms in total. The Hall–Kier alpha value is -2.67. The van der Waals surface area contributed by atoms with Gasteiger partial charge in [0, 0.05) is 12.0 Å². The minimum Gasteiger partial charge on any atom is -0.462 e. The number of esters is 1. The monoisotopic (exact) mass is 589 g/mol. The molecule has 1 aliphatic carbocycles. The van der Waals surface area contributed by atoms with Gasteiger partial charge in [-0.25, -0.2) is 18.0 Å². The summed E-state index contributed by atoms with van der Waals surface area (Å²) in [7, 11) is -4.03. The summed E-state index contributed by atoms with van der Waals surface area (Å²) in [6.07, 6.45) is -3.02. The van der Waals surface area contributed by atoms with Crippen LogP contribution in [0.3, 0.4) is 0 Å². The number of rotatable bonds is 10. The first kappa shape index (κ1) is 30.9. The molecule has 0 heterocycles. The van der Waals surface area contributed by atoms with Gasteiger partial charge in [-0.05, 0) is 81.1 Å². The molecule has 2 aromatic carbocycles. The van der Waals surface area contributed by atoms with Crippen molar-refractivity contribution in [1.82, 2.24) is 14.9 Å². The maximum Gasteiger partial charge on any atom is 0.416 e. The number of carbonyl (C=O) groups is 2. The fourth-order valence-corrected chi connectivity index (χ4v) is 5.54. The average Bonchev–Trinajstić information content (AvgIpc) is 2.91. The normalized spacial score (nSPS) is 19.2. The summed E-state index contributed by atoms with van der Waals surface area (Å²) < 4.78 is 71.6. The summed E-state index contributed by atoms with van der Waals surface area (Å²) in [5, 5.41) is 2.93. The molecule has 1 saturated carbocycles. The van der Waals surface area contributed by atoms with E-state index in [1.165, 1.54) is 0 Å². The highest BCUT2D eigenvalue weighted by molar-refractivity contribution is 7.89. The first-order valence-corrected chi connectivity index (χ1v) is 14.2. The number of halogens is 4. The van der Waals surface area contributed by atoms with Crippen LogP contribution in [0.2, 0.25) is 0 Å². The molecule has 0 spiro atoms. The molecule has 0 unspecified atom stereocenters. The summed E-state index contributed by atoms with van der Waals surface area (Å²) >= 11 is 5.61. The van der Waals surface area contributed by atoms with Gasteiger partial charge < -0.3 is 10.1 Å². The SMILES string of the molecule is CC(C)(NCl)C(=O)OC[C@@H](NC(=O)C1CCC(NS(=O)(=O)c2ccc(C(F)(F)F)cc2)CC1)c1ccccc1. The number of ether oxygens (including phenoxy) is 1. The highest BCUT2D eigenvalue weighted by atomic mass is 35.5. The zero-order chi connectivity index (χ0) is 28.8. The van der Waals surface area contributed by atoms with Crippen molar-refractivity contribution in [3.63, 3.8) is 0 Å². The minimum atomic E-state index is -4.56. The smallest absolute Gasteiger partial charge is 0.416 e. The Morgan fingerprint density at radius 3 is 2.13 bits per heavy atom. The first-order valence-electron chi connectivity index (χ1n) is 12.3. The molecule has 1 amide bonds. The quantitative estimate of drug-likeness (QED) is 0.278. The molecule has 1 aliphatic rings. The summed E-state index contributed by atoms with van der Waals surface area (Å²) in [5.74, 6) is -1.23. The Balaban J connectivity index is 1.58. The van der Waals surface area contributed by atoms with E-state index in [-0.39, 0.29) is 23.3 Å². The Kier molecular flexibility index (Phi) is 10.0. The predicted molar refractivity (Wildman–Crippen MR) is 139 cm³/mol. The van der Waals surface area contributed by atoms with Crippen molar-refractivity contribution in [2.75, 3.05) is 6.61 Å². The zero-order valence-corrected chi connectivity index (χ0v) is 23.0. The van der Waals surface area contributed by atoms with Gasteiger partial charge in [0.1, 0.15) is 12.1 Å². The van der Waals surface area contributed by atoms with Crippen LogP contribution in [0.1, 0.15) is 56.7 Å². The molecular formula is C26H31ClF3N3O5S. The maximum atomic E-state index is 13.1. The van der Waals surface area contributed by atoms with E-state index in [1.807, 2.05) is 6.07 Å². The molecule has 0 radical (unpaired) electrons. The number of benzene rings is 2. The van der Waals surface area contributed by atoms with Crippen LogP contribution < -0.4 is 14.9 Å². The third-order valence-corrected chi connectivity index (χ3v) is 8.57. The van der Waals surface area contributed by atoms with Gasteiger partial charge in [0.2, 0.25) is 15.9 Å². The Labute approximate surface area is 230 Å². The van der Waals surface area contributed by atoms with Gasteiger partial charge in [0.25, 0.3) is 0 Å². The van der Waals surface area contributed by atoms with Crippen LogP contribution in [0.25, 0.3) is 0 Å². The first-order chi connectivity index (χ1) is 18.2. The summed E-state index contributed by atoms with van der Waals surface area (Å²) in [4.78, 5) is 27.5. The van der Waals surface area contributed by atoms with Crippen LogP contribution in [0, 0.1) is 5.92 Å². The molecule has 0 aromatic heterocycles. The van der Waals surface area contributed by atoms with Gasteiger partial charge in [-0.2, -0.15) is 13.2 Å². The van der Waals surface area contributed by atoms with E-state index in [4.69, 9.17) is 16.5 Å². The van der Waals surface area contributed by atoms with Crippen LogP contribution in [-0.2, 0) is 30.5 Å². The lowest BCUT2D eigenvalue weighted by Crippen LogP contribution is -2.45. The van der Waals surface area contributed by atoms with Crippen molar-refractivity contribution in [3.8, 4) is 0 Å². The average molecular weight is 590 g/mol. The zero-order valence-electron chi connectivity index (χ0n) is 21.4. The number of sulfonamides is 1. The van der Waals surface area contributed by atoms with Crippen molar-refractivity contribution < 1.29 is 35.9 Å². The standard InChI is InChI=1S/C26H31ClF3N3O5S/c1-25(2,33-27)24(35)38-16-22(17-6-4-3-5-7-17)31-23(34)18-8-12-20(13-9-18)32-39(36,37)21-14-10-19(11-15-21)26(28,29)30/h3-7,10-11,14-15,18,20,22,32-33H,8-9,12-13,16H2,1-2H3,(H,31,34)/t18?,20?,22-/m1/s1. The highest BCUT2D eigenvalue weighted by Gasteiger charge is 2.33. The van der Waals surface area contributed by atoms with E-state index in [2.05, 4.69) is 14.9 Å². The lowest BCUT2D eigenvalue weighted by atomic mass is 9.85. The number of carbonyl (C=O) groups excluding carboxylic acids is 2. The molecule has 13 heteroatoms. The van der Waals surface area contributed by atoms with Gasteiger partial charge in [0.05, 0.1) is 16.5 Å². The van der Waals surface area contributed by atoms with E-state index < -0.39 is 45.4 Å². The molecule has 3 rings (SSSR count). The van der Waals surface area contributed by atoms with Crippen molar-refractivity contribution in [3.05, 3.63) is 65.7 Å². The molecule has 0 saturated heterocycles. The van der Waals surface area contributed by atoms with Crippen molar-refractivity contribution in [2.24, 2.45) is 5.92 Å². The summed E-state index contributed by atoms with van der Waals surface area (Å²) in [6.45, 7) is 3.00. The van der Waals surface area contributed by atoms with Crippen molar-refractivity contribution in [2.45, 2.75) is 68.2 Å². The minimum absolute atomic E-state index is 0.112. The summed E-state index contributed by atoms with van der Waals surface area (Å²) in [6, 6.07) is 11.3. The highest BCUT2D eigenvalue weighted by Crippen LogP contribution is 2.30. The molecule has 214 valence electrons. The van der Waals surface area contributed by atoms with E-state index in [1.54, 1.807) is 38.1 Å². The van der Waals surface area contributed by atoms with Gasteiger partial charge >= 0.3 is 12.1 Å². The van der Waals surface area contributed by atoms with E-state index >= 15 is 0 Å². The van der Waals surface area contributed by atoms with Gasteiger partial charge in [0.15, 0.2) is 0 Å². The number of hydrogen-bond acceptors (Lipinski definition) is 6. The third-order valence-electron chi connectivity index (χ3n) is 6.56. The molecule has 39 heavy (non-hydrogen) atoms. The van der Waals surface area contributed by atoms with E-state index in [0.29, 0.717) is 25.7 Å². The Morgan fingerprint density at radius 1 is 1.00 bits per heavy atom. The lowest BCUT2D eigenvalue weighted by molar-refractivity contribution is -0.151. The Morgan fingerprint density at radius 2 is 1.59 bits per heavy atom. The van der Waals surface area contributed by atoms with Crippen molar-refractivity contribution >= 4 is 33.7 Å². The topological polar surface area (TPSA) is 114 Å². The van der Waals surface area contributed by atoms with Crippen LogP contribution in [0.4, 0.5) is 13.2 Å².